The molecule has 0 aliphatic heterocycles. The van der Waals surface area contributed by atoms with Crippen LogP contribution in [-0.2, 0) is 15.1 Å². The Labute approximate surface area is 269 Å². The zero-order chi connectivity index (χ0) is 31.0. The van der Waals surface area contributed by atoms with Gasteiger partial charge >= 0.3 is 0 Å². The van der Waals surface area contributed by atoms with Gasteiger partial charge in [-0.15, -0.1) is 0 Å². The SMILES string of the molecule is CCCCCCCCCCCCCCCCCCOCC(CO)COC(c1ccccc1)(c1ccccc1)c1ccccc1. The number of hydrogen-bond acceptors (Lipinski definition) is 3. The Kier molecular flexibility index (Phi) is 18.8. The third-order valence-corrected chi connectivity index (χ3v) is 8.83. The number of ether oxygens (including phenoxy) is 2. The maximum atomic E-state index is 10.2. The third-order valence-electron chi connectivity index (χ3n) is 8.83. The summed E-state index contributed by atoms with van der Waals surface area (Å²) >= 11 is 0. The molecule has 242 valence electrons. The van der Waals surface area contributed by atoms with Crippen molar-refractivity contribution in [2.75, 3.05) is 26.4 Å². The lowest BCUT2D eigenvalue weighted by Gasteiger charge is -2.37. The van der Waals surface area contributed by atoms with E-state index in [4.69, 9.17) is 9.47 Å². The molecule has 44 heavy (non-hydrogen) atoms. The Bertz CT molecular complexity index is 956. The maximum absolute atomic E-state index is 10.2. The fraction of sp³-hybridized carbons (Fsp3) is 0.561. The molecule has 0 aliphatic carbocycles. The summed E-state index contributed by atoms with van der Waals surface area (Å²) < 4.78 is 12.9. The first-order chi connectivity index (χ1) is 21.8. The molecular formula is C41H60O3. The monoisotopic (exact) mass is 600 g/mol. The van der Waals surface area contributed by atoms with Crippen LogP contribution in [0.2, 0.25) is 0 Å². The molecule has 0 spiro atoms. The molecule has 3 aromatic carbocycles. The van der Waals surface area contributed by atoms with E-state index in [9.17, 15) is 5.11 Å². The van der Waals surface area contributed by atoms with Crippen molar-refractivity contribution < 1.29 is 14.6 Å². The molecule has 0 saturated heterocycles. The number of aliphatic hydroxyl groups excluding tert-OH is 1. The van der Waals surface area contributed by atoms with E-state index in [1.54, 1.807) is 0 Å². The van der Waals surface area contributed by atoms with Gasteiger partial charge in [0.25, 0.3) is 0 Å². The normalized spacial score (nSPS) is 12.4. The molecule has 0 fully saturated rings. The second-order valence-electron chi connectivity index (χ2n) is 12.5. The van der Waals surface area contributed by atoms with Crippen LogP contribution in [0, 0.1) is 5.92 Å². The average Bonchev–Trinajstić information content (AvgIpc) is 3.08. The van der Waals surface area contributed by atoms with Gasteiger partial charge < -0.3 is 14.6 Å². The van der Waals surface area contributed by atoms with E-state index in [1.165, 1.54) is 96.3 Å². The molecule has 3 aromatic rings. The van der Waals surface area contributed by atoms with Crippen LogP contribution in [0.15, 0.2) is 91.0 Å². The highest BCUT2D eigenvalue weighted by Gasteiger charge is 2.38. The van der Waals surface area contributed by atoms with Gasteiger partial charge in [0.15, 0.2) is 0 Å². The molecular weight excluding hydrogens is 540 g/mol. The van der Waals surface area contributed by atoms with Gasteiger partial charge in [-0.05, 0) is 23.1 Å². The first-order valence-corrected chi connectivity index (χ1v) is 17.8. The highest BCUT2D eigenvalue weighted by Crippen LogP contribution is 2.40. The van der Waals surface area contributed by atoms with Crippen LogP contribution in [0.3, 0.4) is 0 Å². The van der Waals surface area contributed by atoms with Crippen molar-refractivity contribution in [3.63, 3.8) is 0 Å². The molecule has 1 unspecified atom stereocenters. The van der Waals surface area contributed by atoms with Crippen molar-refractivity contribution in [3.8, 4) is 0 Å². The van der Waals surface area contributed by atoms with E-state index in [2.05, 4.69) is 79.7 Å². The molecule has 0 saturated carbocycles. The van der Waals surface area contributed by atoms with E-state index in [1.807, 2.05) is 18.2 Å². The van der Waals surface area contributed by atoms with Gasteiger partial charge in [0, 0.05) is 12.5 Å². The topological polar surface area (TPSA) is 38.7 Å². The Morgan fingerprint density at radius 1 is 0.500 bits per heavy atom. The van der Waals surface area contributed by atoms with E-state index in [0.717, 1.165) is 29.7 Å². The number of hydrogen-bond donors (Lipinski definition) is 1. The fourth-order valence-electron chi connectivity index (χ4n) is 6.17. The zero-order valence-corrected chi connectivity index (χ0v) is 27.6. The molecule has 1 N–H and O–H groups in total. The van der Waals surface area contributed by atoms with Crippen LogP contribution >= 0.6 is 0 Å². The van der Waals surface area contributed by atoms with Gasteiger partial charge in [-0.25, -0.2) is 0 Å². The number of rotatable bonds is 26. The van der Waals surface area contributed by atoms with Crippen molar-refractivity contribution in [2.24, 2.45) is 5.92 Å². The van der Waals surface area contributed by atoms with Gasteiger partial charge in [-0.1, -0.05) is 194 Å². The lowest BCUT2D eigenvalue weighted by molar-refractivity contribution is -0.0408. The van der Waals surface area contributed by atoms with E-state index >= 15 is 0 Å². The van der Waals surface area contributed by atoms with Gasteiger partial charge in [0.05, 0.1) is 19.8 Å². The number of unbranched alkanes of at least 4 members (excludes halogenated alkanes) is 15. The Morgan fingerprint density at radius 3 is 1.23 bits per heavy atom. The molecule has 3 nitrogen and oxygen atoms in total. The summed E-state index contributed by atoms with van der Waals surface area (Å²) in [6.07, 6.45) is 21.9. The van der Waals surface area contributed by atoms with Crippen molar-refractivity contribution in [1.29, 1.82) is 0 Å². The summed E-state index contributed by atoms with van der Waals surface area (Å²) in [5.41, 5.74) is 2.44. The average molecular weight is 601 g/mol. The summed E-state index contributed by atoms with van der Waals surface area (Å²) in [4.78, 5) is 0. The predicted molar refractivity (Wildman–Crippen MR) is 186 cm³/mol. The number of benzene rings is 3. The summed E-state index contributed by atoms with van der Waals surface area (Å²) in [5.74, 6) is -0.0911. The first-order valence-electron chi connectivity index (χ1n) is 17.8. The molecule has 0 amide bonds. The summed E-state index contributed by atoms with van der Waals surface area (Å²) in [6, 6.07) is 31.2. The molecule has 1 atom stereocenters. The third kappa shape index (κ3) is 12.9. The van der Waals surface area contributed by atoms with Crippen molar-refractivity contribution in [3.05, 3.63) is 108 Å². The van der Waals surface area contributed by atoms with Gasteiger partial charge in [-0.2, -0.15) is 0 Å². The van der Waals surface area contributed by atoms with Crippen LogP contribution in [-0.4, -0.2) is 31.5 Å². The molecule has 3 rings (SSSR count). The van der Waals surface area contributed by atoms with Crippen molar-refractivity contribution >= 4 is 0 Å². The standard InChI is InChI=1S/C41H60O3/c1-2-3-4-5-6-7-8-9-10-11-12-13-14-15-16-26-33-43-35-37(34-42)36-44-41(38-27-20-17-21-28-38,39-29-22-18-23-30-39)40-31-24-19-25-32-40/h17-25,27-32,37,42H,2-16,26,33-36H2,1H3. The minimum absolute atomic E-state index is 0.0351. The number of aliphatic hydroxyl groups is 1. The predicted octanol–water partition coefficient (Wildman–Crippen LogP) is 10.9. The van der Waals surface area contributed by atoms with Crippen molar-refractivity contribution in [1.82, 2.24) is 0 Å². The zero-order valence-electron chi connectivity index (χ0n) is 27.6. The van der Waals surface area contributed by atoms with Crippen LogP contribution in [0.5, 0.6) is 0 Å². The van der Waals surface area contributed by atoms with Gasteiger partial charge in [0.2, 0.25) is 0 Å². The first kappa shape index (κ1) is 36.0. The highest BCUT2D eigenvalue weighted by molar-refractivity contribution is 5.47. The summed E-state index contributed by atoms with van der Waals surface area (Å²) in [6.45, 7) is 3.97. The molecule has 0 radical (unpaired) electrons. The molecule has 0 aliphatic rings. The lowest BCUT2D eigenvalue weighted by atomic mass is 9.80. The van der Waals surface area contributed by atoms with Crippen LogP contribution < -0.4 is 0 Å². The lowest BCUT2D eigenvalue weighted by Crippen LogP contribution is -2.36. The maximum Gasteiger partial charge on any atom is 0.143 e. The smallest absolute Gasteiger partial charge is 0.143 e. The van der Waals surface area contributed by atoms with Crippen LogP contribution in [0.25, 0.3) is 0 Å². The second-order valence-corrected chi connectivity index (χ2v) is 12.5. The van der Waals surface area contributed by atoms with E-state index in [-0.39, 0.29) is 12.5 Å². The highest BCUT2D eigenvalue weighted by atomic mass is 16.5. The molecule has 0 bridgehead atoms. The van der Waals surface area contributed by atoms with Crippen molar-refractivity contribution in [2.45, 2.75) is 115 Å². The quantitative estimate of drug-likeness (QED) is 0.0736. The Hall–Kier alpha value is -2.46. The fourth-order valence-corrected chi connectivity index (χ4v) is 6.17. The Balaban J connectivity index is 1.34. The summed E-state index contributed by atoms with van der Waals surface area (Å²) in [5, 5.41) is 10.2. The van der Waals surface area contributed by atoms with E-state index in [0.29, 0.717) is 13.2 Å². The minimum atomic E-state index is -0.773. The van der Waals surface area contributed by atoms with Crippen LogP contribution in [0.4, 0.5) is 0 Å². The molecule has 0 heterocycles. The molecule has 3 heteroatoms. The summed E-state index contributed by atoms with van der Waals surface area (Å²) in [7, 11) is 0. The van der Waals surface area contributed by atoms with Gasteiger partial charge in [-0.3, -0.25) is 0 Å². The minimum Gasteiger partial charge on any atom is -0.396 e. The van der Waals surface area contributed by atoms with E-state index < -0.39 is 5.60 Å². The van der Waals surface area contributed by atoms with Crippen LogP contribution in [0.1, 0.15) is 126 Å². The largest absolute Gasteiger partial charge is 0.396 e. The van der Waals surface area contributed by atoms with Gasteiger partial charge in [0.1, 0.15) is 5.60 Å². The second kappa shape index (κ2) is 23.0. The Morgan fingerprint density at radius 2 is 0.864 bits per heavy atom. The molecule has 0 aromatic heterocycles.